The summed E-state index contributed by atoms with van der Waals surface area (Å²) < 4.78 is 0. The molecule has 0 heterocycles. The number of hydrogen-bond acceptors (Lipinski definition) is 0. The second-order valence-corrected chi connectivity index (χ2v) is 20.1. The van der Waals surface area contributed by atoms with E-state index in [0.29, 0.717) is 0 Å². The van der Waals surface area contributed by atoms with Crippen molar-refractivity contribution >= 4 is 57.1 Å². The van der Waals surface area contributed by atoms with E-state index in [2.05, 4.69) is 83.6 Å². The Morgan fingerprint density at radius 3 is 2.03 bits per heavy atom. The molecular formula is C24H31Cl3SiTi. The zero-order valence-corrected chi connectivity index (χ0v) is 23.1. The molecular weight excluding hydrogens is 471 g/mol. The number of fused-ring (bicyclic) bond motifs is 1. The van der Waals surface area contributed by atoms with Crippen LogP contribution in [0.3, 0.4) is 0 Å². The molecule has 29 heavy (non-hydrogen) atoms. The topological polar surface area (TPSA) is 0 Å². The summed E-state index contributed by atoms with van der Waals surface area (Å²) in [6, 6.07) is 17.5. The Hall–Kier alpha value is -0.149. The van der Waals surface area contributed by atoms with E-state index in [4.69, 9.17) is 27.9 Å². The molecule has 0 aliphatic rings. The number of benzene rings is 2. The molecule has 0 nitrogen and oxygen atoms in total. The fourth-order valence-corrected chi connectivity index (χ4v) is 10.5. The molecule has 0 spiro atoms. The molecule has 0 fully saturated rings. The van der Waals surface area contributed by atoms with Crippen molar-refractivity contribution in [2.75, 3.05) is 0 Å². The number of aryl methyl sites for hydroxylation is 4. The molecule has 0 N–H and O–H groups in total. The van der Waals surface area contributed by atoms with Crippen molar-refractivity contribution in [1.82, 2.24) is 0 Å². The van der Waals surface area contributed by atoms with Crippen LogP contribution < -0.4 is 10.4 Å². The van der Waals surface area contributed by atoms with E-state index >= 15 is 0 Å². The third-order valence-corrected chi connectivity index (χ3v) is 10.8. The van der Waals surface area contributed by atoms with Gasteiger partial charge in [-0.1, -0.05) is 79.4 Å². The van der Waals surface area contributed by atoms with Crippen LogP contribution >= 0.6 is 27.9 Å². The molecule has 0 aliphatic carbocycles. The van der Waals surface area contributed by atoms with Gasteiger partial charge in [0, 0.05) is 0 Å². The van der Waals surface area contributed by atoms with Gasteiger partial charge >= 0.3 is 42.6 Å². The van der Waals surface area contributed by atoms with Gasteiger partial charge in [0.2, 0.25) is 0 Å². The first-order valence-corrected chi connectivity index (χ1v) is 19.3. The summed E-state index contributed by atoms with van der Waals surface area (Å²) in [5.74, 6) is 0. The van der Waals surface area contributed by atoms with Crippen molar-refractivity contribution in [1.29, 1.82) is 0 Å². The van der Waals surface area contributed by atoms with E-state index in [1.54, 1.807) is 10.4 Å². The Kier molecular flexibility index (Phi) is 9.47. The van der Waals surface area contributed by atoms with E-state index < -0.39 is 22.8 Å². The van der Waals surface area contributed by atoms with Gasteiger partial charge in [-0.3, -0.25) is 0 Å². The number of rotatable bonds is 5. The van der Waals surface area contributed by atoms with Gasteiger partial charge in [0.1, 0.15) is 0 Å². The summed E-state index contributed by atoms with van der Waals surface area (Å²) in [5.41, 5.74) is 5.86. The van der Waals surface area contributed by atoms with E-state index in [1.165, 1.54) is 51.9 Å². The van der Waals surface area contributed by atoms with Crippen LogP contribution in [0.15, 0.2) is 42.5 Å². The summed E-state index contributed by atoms with van der Waals surface area (Å²) in [5, 5.41) is 6.25. The van der Waals surface area contributed by atoms with Crippen LogP contribution in [0.2, 0.25) is 12.6 Å². The van der Waals surface area contributed by atoms with Gasteiger partial charge in [-0.05, 0) is 20.8 Å². The molecule has 1 atom stereocenters. The fourth-order valence-electron chi connectivity index (χ4n) is 5.06. The number of hydrogen-bond donors (Lipinski definition) is 0. The van der Waals surface area contributed by atoms with Gasteiger partial charge in [-0.15, -0.1) is 39.7 Å². The standard InChI is InChI=1S/C24H31Si.3ClH.Ti/c1-7-8-13-25(6,23-18(3)14-17(2)15-19(23)4)24-20(5)16-21-11-9-10-12-22(21)24;;;;/h9-12,14-16H,7-8,13H2,1-6H3;3*1H;/q-1;;;;+4/p-3. The summed E-state index contributed by atoms with van der Waals surface area (Å²) >= 11 is -1.92. The van der Waals surface area contributed by atoms with Crippen molar-refractivity contribution in [3.8, 4) is 0 Å². The third kappa shape index (κ3) is 5.97. The van der Waals surface area contributed by atoms with Crippen LogP contribution in [0.4, 0.5) is 0 Å². The Balaban J connectivity index is 0.000000687. The fraction of sp³-hybridized carbons (Fsp3) is 0.375. The second-order valence-electron chi connectivity index (χ2n) is 8.21. The molecule has 0 radical (unpaired) electrons. The van der Waals surface area contributed by atoms with E-state index in [1.807, 2.05) is 0 Å². The van der Waals surface area contributed by atoms with Crippen molar-refractivity contribution in [3.63, 3.8) is 0 Å². The normalized spacial score (nSPS) is 13.0. The van der Waals surface area contributed by atoms with E-state index in [9.17, 15) is 0 Å². The minimum atomic E-state index is -1.92. The first-order chi connectivity index (χ1) is 13.6. The molecule has 0 bridgehead atoms. The third-order valence-electron chi connectivity index (χ3n) is 5.81. The Bertz CT molecular complexity index is 938. The number of halogens is 3. The summed E-state index contributed by atoms with van der Waals surface area (Å²) in [6.45, 7) is 14.1. The van der Waals surface area contributed by atoms with Gasteiger partial charge < -0.3 is 0 Å². The van der Waals surface area contributed by atoms with Gasteiger partial charge in [0.15, 0.2) is 0 Å². The molecule has 156 valence electrons. The Labute approximate surface area is 195 Å². The quantitative estimate of drug-likeness (QED) is 0.247. The van der Waals surface area contributed by atoms with Crippen LogP contribution in [0.25, 0.3) is 10.8 Å². The van der Waals surface area contributed by atoms with Gasteiger partial charge in [-0.2, -0.15) is 6.07 Å². The average Bonchev–Trinajstić information content (AvgIpc) is 2.94. The van der Waals surface area contributed by atoms with Crippen LogP contribution in [0.1, 0.15) is 42.0 Å². The van der Waals surface area contributed by atoms with E-state index in [-0.39, 0.29) is 0 Å². The Morgan fingerprint density at radius 1 is 0.931 bits per heavy atom. The van der Waals surface area contributed by atoms with Crippen LogP contribution in [0.5, 0.6) is 0 Å². The molecule has 0 saturated heterocycles. The van der Waals surface area contributed by atoms with Crippen molar-refractivity contribution in [2.24, 2.45) is 0 Å². The summed E-state index contributed by atoms with van der Waals surface area (Å²) in [4.78, 5) is 0. The molecule has 5 heteroatoms. The van der Waals surface area contributed by atoms with Gasteiger partial charge in [0.25, 0.3) is 0 Å². The van der Waals surface area contributed by atoms with E-state index in [0.717, 1.165) is 0 Å². The van der Waals surface area contributed by atoms with Gasteiger partial charge in [-0.25, -0.2) is 0 Å². The maximum absolute atomic E-state index is 4.97. The van der Waals surface area contributed by atoms with Crippen LogP contribution in [-0.2, 0) is 14.7 Å². The molecule has 0 amide bonds. The zero-order chi connectivity index (χ0) is 21.8. The molecule has 3 rings (SSSR count). The van der Waals surface area contributed by atoms with Crippen molar-refractivity contribution in [2.45, 2.75) is 60.1 Å². The monoisotopic (exact) mass is 500 g/mol. The molecule has 1 unspecified atom stereocenters. The number of unbranched alkanes of at least 4 members (excludes halogenated alkanes) is 1. The first kappa shape index (κ1) is 25.1. The predicted octanol–water partition coefficient (Wildman–Crippen LogP) is 7.85. The summed E-state index contributed by atoms with van der Waals surface area (Å²) in [6.07, 6.45) is 2.58. The first-order valence-electron chi connectivity index (χ1n) is 10.2. The Morgan fingerprint density at radius 2 is 1.48 bits per heavy atom. The molecule has 0 aromatic heterocycles. The molecule has 0 aliphatic heterocycles. The van der Waals surface area contributed by atoms with Crippen LogP contribution in [0, 0.1) is 27.7 Å². The minimum absolute atomic E-state index is 1.27. The SMILES string of the molecule is CCCC[Si](C)(c1c(C)cc(C)cc1C)[c-]1c(C)cc2ccccc21.[Cl][Ti+]([Cl])[Cl]. The van der Waals surface area contributed by atoms with Crippen molar-refractivity contribution in [3.05, 3.63) is 64.7 Å². The summed E-state index contributed by atoms with van der Waals surface area (Å²) in [7, 11) is 13.1. The predicted molar refractivity (Wildman–Crippen MR) is 133 cm³/mol. The molecule has 3 aromatic carbocycles. The average molecular weight is 502 g/mol. The van der Waals surface area contributed by atoms with Crippen LogP contribution in [-0.4, -0.2) is 8.07 Å². The van der Waals surface area contributed by atoms with Gasteiger partial charge in [0.05, 0.1) is 8.07 Å². The maximum atomic E-state index is 4.97. The second kappa shape index (κ2) is 10.9. The molecule has 3 aromatic rings. The zero-order valence-electron chi connectivity index (χ0n) is 18.3. The molecule has 0 saturated carbocycles. The van der Waals surface area contributed by atoms with Crippen molar-refractivity contribution < 1.29 is 14.7 Å².